The highest BCUT2D eigenvalue weighted by molar-refractivity contribution is 7.19. The molecule has 4 rings (SSSR count). The van der Waals surface area contributed by atoms with Crippen molar-refractivity contribution in [2.24, 2.45) is 4.99 Å². The number of aromatic nitrogens is 3. The standard InChI is InChI=1S/C21H15FN4S2/c1-4-5-16(23-3)17-9-18-15(6-7-27-18)19(26-17)20-12(2)25-21(28-20)13-8-14(22)11-24-10-13/h4-11H,1,3H2,2H3/b16-5-. The molecule has 0 aliphatic heterocycles. The van der Waals surface area contributed by atoms with Crippen LogP contribution >= 0.6 is 22.7 Å². The molecule has 4 nitrogen and oxygen atoms in total. The Balaban J connectivity index is 1.92. The Bertz CT molecular complexity index is 1240. The predicted molar refractivity (Wildman–Crippen MR) is 116 cm³/mol. The molecule has 7 heteroatoms. The molecule has 0 aromatic carbocycles. The van der Waals surface area contributed by atoms with E-state index in [0.717, 1.165) is 32.0 Å². The van der Waals surface area contributed by atoms with Crippen molar-refractivity contribution in [1.29, 1.82) is 0 Å². The quantitative estimate of drug-likeness (QED) is 0.295. The Morgan fingerprint density at radius 1 is 1.25 bits per heavy atom. The van der Waals surface area contributed by atoms with Gasteiger partial charge in [0.25, 0.3) is 0 Å². The van der Waals surface area contributed by atoms with Gasteiger partial charge in [-0.1, -0.05) is 12.7 Å². The summed E-state index contributed by atoms with van der Waals surface area (Å²) >= 11 is 3.11. The third-order valence-corrected chi connectivity index (χ3v) is 6.20. The molecule has 28 heavy (non-hydrogen) atoms. The van der Waals surface area contributed by atoms with Crippen molar-refractivity contribution in [2.45, 2.75) is 6.92 Å². The van der Waals surface area contributed by atoms with Crippen LogP contribution in [0.15, 0.2) is 59.7 Å². The van der Waals surface area contributed by atoms with E-state index in [-0.39, 0.29) is 5.82 Å². The van der Waals surface area contributed by atoms with Gasteiger partial charge in [-0.15, -0.1) is 22.7 Å². The van der Waals surface area contributed by atoms with Gasteiger partial charge in [0.05, 0.1) is 33.9 Å². The Kier molecular flexibility index (Phi) is 4.93. The van der Waals surface area contributed by atoms with Gasteiger partial charge in [-0.3, -0.25) is 9.98 Å². The molecule has 4 aromatic rings. The molecular formula is C21H15FN4S2. The van der Waals surface area contributed by atoms with Crippen molar-refractivity contribution >= 4 is 45.2 Å². The van der Waals surface area contributed by atoms with Gasteiger partial charge in [0.2, 0.25) is 0 Å². The zero-order valence-electron chi connectivity index (χ0n) is 15.0. The zero-order valence-corrected chi connectivity index (χ0v) is 16.6. The monoisotopic (exact) mass is 406 g/mol. The second-order valence-electron chi connectivity index (χ2n) is 5.96. The van der Waals surface area contributed by atoms with Crippen LogP contribution in [0.25, 0.3) is 36.9 Å². The minimum Gasteiger partial charge on any atom is -0.262 e. The number of hydrogen-bond acceptors (Lipinski definition) is 6. The Morgan fingerprint density at radius 2 is 2.11 bits per heavy atom. The zero-order chi connectivity index (χ0) is 19.7. The number of allylic oxidation sites excluding steroid dienone is 2. The van der Waals surface area contributed by atoms with E-state index in [1.54, 1.807) is 29.7 Å². The number of nitrogens with zero attached hydrogens (tertiary/aromatic N) is 4. The smallest absolute Gasteiger partial charge is 0.142 e. The summed E-state index contributed by atoms with van der Waals surface area (Å²) in [7, 11) is 0. The third-order valence-electron chi connectivity index (χ3n) is 4.12. The lowest BCUT2D eigenvalue weighted by Gasteiger charge is -2.06. The summed E-state index contributed by atoms with van der Waals surface area (Å²) in [5.41, 5.74) is 3.70. The number of rotatable bonds is 5. The first kappa shape index (κ1) is 18.3. The number of thiophene rings is 1. The van der Waals surface area contributed by atoms with E-state index in [0.29, 0.717) is 16.3 Å². The molecule has 0 fully saturated rings. The summed E-state index contributed by atoms with van der Waals surface area (Å²) in [5.74, 6) is -0.386. The van der Waals surface area contributed by atoms with Crippen LogP contribution in [0.3, 0.4) is 0 Å². The molecule has 0 saturated carbocycles. The molecule has 0 saturated heterocycles. The summed E-state index contributed by atoms with van der Waals surface area (Å²) in [4.78, 5) is 18.4. The number of hydrogen-bond donors (Lipinski definition) is 0. The molecule has 0 radical (unpaired) electrons. The number of aliphatic imine (C=N–C) groups is 1. The van der Waals surface area contributed by atoms with Gasteiger partial charge < -0.3 is 0 Å². The first-order chi connectivity index (χ1) is 13.6. The van der Waals surface area contributed by atoms with E-state index in [4.69, 9.17) is 4.98 Å². The van der Waals surface area contributed by atoms with Crippen molar-refractivity contribution in [2.75, 3.05) is 0 Å². The Hall–Kier alpha value is -3.03. The van der Waals surface area contributed by atoms with Crippen molar-refractivity contribution in [3.05, 3.63) is 71.9 Å². The van der Waals surface area contributed by atoms with Gasteiger partial charge in [0.1, 0.15) is 10.8 Å². The molecule has 0 atom stereocenters. The van der Waals surface area contributed by atoms with Crippen LogP contribution in [0.2, 0.25) is 0 Å². The van der Waals surface area contributed by atoms with Gasteiger partial charge in [-0.2, -0.15) is 0 Å². The molecule has 0 N–H and O–H groups in total. The van der Waals surface area contributed by atoms with E-state index >= 15 is 0 Å². The summed E-state index contributed by atoms with van der Waals surface area (Å²) in [6.45, 7) is 9.30. The average molecular weight is 407 g/mol. The highest BCUT2D eigenvalue weighted by Crippen LogP contribution is 2.39. The number of pyridine rings is 2. The highest BCUT2D eigenvalue weighted by atomic mass is 32.1. The maximum atomic E-state index is 13.6. The normalized spacial score (nSPS) is 11.7. The van der Waals surface area contributed by atoms with E-state index in [9.17, 15) is 4.39 Å². The molecule has 0 aliphatic rings. The Labute approximate surface area is 169 Å². The molecule has 0 unspecified atom stereocenters. The lowest BCUT2D eigenvalue weighted by molar-refractivity contribution is 0.622. The lowest BCUT2D eigenvalue weighted by Crippen LogP contribution is -1.91. The van der Waals surface area contributed by atoms with Gasteiger partial charge in [0, 0.05) is 21.8 Å². The summed E-state index contributed by atoms with van der Waals surface area (Å²) in [6.07, 6.45) is 6.24. The lowest BCUT2D eigenvalue weighted by atomic mass is 10.1. The van der Waals surface area contributed by atoms with Crippen LogP contribution in [-0.4, -0.2) is 21.7 Å². The SMILES string of the molecule is C=C/C=C(\N=C)c1cc2sccc2c(-c2sc(-c3cncc(F)c3)nc2C)n1. The fraction of sp³-hybridized carbons (Fsp3) is 0.0476. The van der Waals surface area contributed by atoms with Crippen molar-refractivity contribution in [3.8, 4) is 21.1 Å². The van der Waals surface area contributed by atoms with Crippen LogP contribution in [-0.2, 0) is 0 Å². The van der Waals surface area contributed by atoms with Crippen LogP contribution in [0.5, 0.6) is 0 Å². The third kappa shape index (κ3) is 3.30. The van der Waals surface area contributed by atoms with E-state index in [1.807, 2.05) is 24.4 Å². The average Bonchev–Trinajstić information content (AvgIpc) is 3.32. The van der Waals surface area contributed by atoms with Crippen LogP contribution < -0.4 is 0 Å². The second-order valence-corrected chi connectivity index (χ2v) is 7.91. The maximum Gasteiger partial charge on any atom is 0.142 e. The molecule has 4 aromatic heterocycles. The van der Waals surface area contributed by atoms with E-state index in [1.165, 1.54) is 23.6 Å². The minimum absolute atomic E-state index is 0.386. The minimum atomic E-state index is -0.386. The van der Waals surface area contributed by atoms with Gasteiger partial charge in [-0.25, -0.2) is 14.4 Å². The fourth-order valence-corrected chi connectivity index (χ4v) is 4.74. The summed E-state index contributed by atoms with van der Waals surface area (Å²) in [6, 6.07) is 5.49. The summed E-state index contributed by atoms with van der Waals surface area (Å²) < 4.78 is 14.7. The molecular weight excluding hydrogens is 391 g/mol. The van der Waals surface area contributed by atoms with Gasteiger partial charge in [-0.05, 0) is 43.3 Å². The number of halogens is 1. The first-order valence-corrected chi connectivity index (χ1v) is 10.1. The van der Waals surface area contributed by atoms with Crippen LogP contribution in [0, 0.1) is 12.7 Å². The van der Waals surface area contributed by atoms with E-state index < -0.39 is 0 Å². The topological polar surface area (TPSA) is 51.0 Å². The highest BCUT2D eigenvalue weighted by Gasteiger charge is 2.18. The van der Waals surface area contributed by atoms with Gasteiger partial charge in [0.15, 0.2) is 0 Å². The first-order valence-electron chi connectivity index (χ1n) is 8.37. The van der Waals surface area contributed by atoms with Crippen molar-refractivity contribution < 1.29 is 4.39 Å². The largest absolute Gasteiger partial charge is 0.262 e. The molecule has 0 aliphatic carbocycles. The van der Waals surface area contributed by atoms with Crippen molar-refractivity contribution in [3.63, 3.8) is 0 Å². The predicted octanol–water partition coefficient (Wildman–Crippen LogP) is 6.16. The van der Waals surface area contributed by atoms with E-state index in [2.05, 4.69) is 28.3 Å². The van der Waals surface area contributed by atoms with Gasteiger partial charge >= 0.3 is 0 Å². The molecule has 0 spiro atoms. The molecule has 0 bridgehead atoms. The fourth-order valence-electron chi connectivity index (χ4n) is 2.87. The van der Waals surface area contributed by atoms with Crippen molar-refractivity contribution in [1.82, 2.24) is 15.0 Å². The number of fused-ring (bicyclic) bond motifs is 1. The molecule has 4 heterocycles. The summed E-state index contributed by atoms with van der Waals surface area (Å²) in [5, 5.41) is 3.79. The second kappa shape index (κ2) is 7.53. The Morgan fingerprint density at radius 3 is 2.86 bits per heavy atom. The number of aryl methyl sites for hydroxylation is 1. The number of thiazole rings is 1. The molecule has 0 amide bonds. The molecule has 138 valence electrons. The van der Waals surface area contributed by atoms with Crippen LogP contribution in [0.1, 0.15) is 11.4 Å². The van der Waals surface area contributed by atoms with Crippen LogP contribution in [0.4, 0.5) is 4.39 Å². The maximum absolute atomic E-state index is 13.6.